The van der Waals surface area contributed by atoms with E-state index in [1.165, 1.54) is 12.1 Å². The van der Waals surface area contributed by atoms with Crippen LogP contribution in [0.2, 0.25) is 0 Å². The van der Waals surface area contributed by atoms with Crippen molar-refractivity contribution >= 4 is 26.2 Å². The molecular formula is C7H6BrFO2S. The van der Waals surface area contributed by atoms with Gasteiger partial charge in [0.15, 0.2) is 0 Å². The molecule has 0 radical (unpaired) electrons. The summed E-state index contributed by atoms with van der Waals surface area (Å²) >= 11 is 3.07. The van der Waals surface area contributed by atoms with Crippen molar-refractivity contribution in [2.45, 2.75) is 10.2 Å². The third-order valence-electron chi connectivity index (χ3n) is 1.38. The van der Waals surface area contributed by atoms with E-state index in [2.05, 4.69) is 15.9 Å². The van der Waals surface area contributed by atoms with Crippen LogP contribution in [-0.2, 0) is 15.6 Å². The largest absolute Gasteiger partial charge is 0.332 e. The smallest absolute Gasteiger partial charge is 0.189 e. The first kappa shape index (κ1) is 9.67. The fourth-order valence-electron chi connectivity index (χ4n) is 0.852. The van der Waals surface area contributed by atoms with Crippen molar-refractivity contribution in [1.82, 2.24) is 0 Å². The molecule has 0 fully saturated rings. The Morgan fingerprint density at radius 1 is 1.33 bits per heavy atom. The summed E-state index contributed by atoms with van der Waals surface area (Å²) in [6.45, 7) is 0. The van der Waals surface area contributed by atoms with Gasteiger partial charge in [0.2, 0.25) is 0 Å². The number of hydrogen-bond acceptors (Lipinski definition) is 2. The van der Waals surface area contributed by atoms with Crippen LogP contribution < -0.4 is 0 Å². The van der Waals surface area contributed by atoms with Gasteiger partial charge in [-0.3, -0.25) is 0 Å². The molecule has 0 aromatic heterocycles. The van der Waals surface area contributed by atoms with Gasteiger partial charge in [-0.15, -0.1) is 3.89 Å². The van der Waals surface area contributed by atoms with Gasteiger partial charge >= 0.3 is 10.2 Å². The van der Waals surface area contributed by atoms with E-state index in [0.717, 1.165) is 0 Å². The molecule has 0 heterocycles. The highest BCUT2D eigenvalue weighted by Gasteiger charge is 2.14. The molecular weight excluding hydrogens is 247 g/mol. The first-order valence-corrected chi connectivity index (χ1v) is 5.64. The number of rotatable bonds is 2. The van der Waals surface area contributed by atoms with Crippen LogP contribution in [0.5, 0.6) is 0 Å². The number of halogens is 2. The van der Waals surface area contributed by atoms with Crippen molar-refractivity contribution in [3.63, 3.8) is 0 Å². The lowest BCUT2D eigenvalue weighted by atomic mass is 10.2. The maximum atomic E-state index is 12.5. The predicted molar refractivity (Wildman–Crippen MR) is 47.4 cm³/mol. The molecule has 5 heteroatoms. The van der Waals surface area contributed by atoms with Gasteiger partial charge in [0.1, 0.15) is 4.90 Å². The second kappa shape index (κ2) is 3.53. The molecule has 0 aliphatic carbocycles. The molecule has 0 unspecified atom stereocenters. The Morgan fingerprint density at radius 2 is 1.92 bits per heavy atom. The SMILES string of the molecule is O=S(=O)(F)c1ccccc1CBr. The fraction of sp³-hybridized carbons (Fsp3) is 0.143. The van der Waals surface area contributed by atoms with Gasteiger partial charge in [-0.1, -0.05) is 34.1 Å². The Labute approximate surface area is 78.8 Å². The van der Waals surface area contributed by atoms with Crippen molar-refractivity contribution in [1.29, 1.82) is 0 Å². The van der Waals surface area contributed by atoms with Crippen LogP contribution >= 0.6 is 15.9 Å². The van der Waals surface area contributed by atoms with Crippen LogP contribution in [0.4, 0.5) is 3.89 Å². The van der Waals surface area contributed by atoms with Gasteiger partial charge < -0.3 is 0 Å². The Morgan fingerprint density at radius 3 is 2.33 bits per heavy atom. The van der Waals surface area contributed by atoms with E-state index in [1.54, 1.807) is 12.1 Å². The maximum absolute atomic E-state index is 12.5. The molecule has 1 aromatic rings. The Hall–Kier alpha value is -0.420. The Kier molecular flexibility index (Phi) is 2.85. The fourth-order valence-corrected chi connectivity index (χ4v) is 2.22. The predicted octanol–water partition coefficient (Wildman–Crippen LogP) is 2.24. The van der Waals surface area contributed by atoms with Crippen LogP contribution in [-0.4, -0.2) is 8.42 Å². The minimum atomic E-state index is -4.58. The molecule has 0 bridgehead atoms. The van der Waals surface area contributed by atoms with Crippen LogP contribution in [0.15, 0.2) is 29.2 Å². The molecule has 0 atom stereocenters. The van der Waals surface area contributed by atoms with Gasteiger partial charge in [-0.05, 0) is 11.6 Å². The van der Waals surface area contributed by atoms with E-state index in [1.807, 2.05) is 0 Å². The number of hydrogen-bond donors (Lipinski definition) is 0. The minimum absolute atomic E-state index is 0.262. The van der Waals surface area contributed by atoms with E-state index < -0.39 is 10.2 Å². The van der Waals surface area contributed by atoms with E-state index in [4.69, 9.17) is 0 Å². The van der Waals surface area contributed by atoms with Crippen molar-refractivity contribution in [2.24, 2.45) is 0 Å². The van der Waals surface area contributed by atoms with Gasteiger partial charge in [0, 0.05) is 5.33 Å². The van der Waals surface area contributed by atoms with E-state index in [0.29, 0.717) is 10.9 Å². The molecule has 0 saturated heterocycles. The summed E-state index contributed by atoms with van der Waals surface area (Å²) in [5.74, 6) is 0. The standard InChI is InChI=1S/C7H6BrFO2S/c8-5-6-3-1-2-4-7(6)12(9,10)11/h1-4H,5H2. The molecule has 2 nitrogen and oxygen atoms in total. The molecule has 0 N–H and O–H groups in total. The van der Waals surface area contributed by atoms with Crippen molar-refractivity contribution in [2.75, 3.05) is 0 Å². The minimum Gasteiger partial charge on any atom is -0.189 e. The summed E-state index contributed by atoms with van der Waals surface area (Å²) in [4.78, 5) is -0.262. The maximum Gasteiger partial charge on any atom is 0.332 e. The molecule has 0 aliphatic rings. The van der Waals surface area contributed by atoms with Crippen LogP contribution in [0.3, 0.4) is 0 Å². The normalized spacial score (nSPS) is 11.5. The van der Waals surface area contributed by atoms with Crippen LogP contribution in [0.25, 0.3) is 0 Å². The lowest BCUT2D eigenvalue weighted by molar-refractivity contribution is 0.551. The Bertz CT molecular complexity index is 375. The molecule has 1 rings (SSSR count). The summed E-state index contributed by atoms with van der Waals surface area (Å²) in [5, 5.41) is 0.326. The summed E-state index contributed by atoms with van der Waals surface area (Å²) < 4.78 is 33.6. The molecule has 0 spiro atoms. The monoisotopic (exact) mass is 252 g/mol. The number of alkyl halides is 1. The average molecular weight is 253 g/mol. The van der Waals surface area contributed by atoms with Gasteiger partial charge in [-0.25, -0.2) is 0 Å². The highest BCUT2D eigenvalue weighted by atomic mass is 79.9. The zero-order valence-corrected chi connectivity index (χ0v) is 8.40. The zero-order chi connectivity index (χ0) is 9.19. The first-order valence-electron chi connectivity index (χ1n) is 3.14. The third kappa shape index (κ3) is 2.04. The molecule has 0 saturated carbocycles. The highest BCUT2D eigenvalue weighted by Crippen LogP contribution is 2.19. The van der Waals surface area contributed by atoms with Crippen molar-refractivity contribution in [3.05, 3.63) is 29.8 Å². The van der Waals surface area contributed by atoms with E-state index >= 15 is 0 Å². The van der Waals surface area contributed by atoms with Crippen molar-refractivity contribution < 1.29 is 12.3 Å². The highest BCUT2D eigenvalue weighted by molar-refractivity contribution is 9.08. The molecule has 12 heavy (non-hydrogen) atoms. The molecule has 1 aromatic carbocycles. The van der Waals surface area contributed by atoms with Crippen LogP contribution in [0.1, 0.15) is 5.56 Å². The molecule has 0 amide bonds. The average Bonchev–Trinajstić information content (AvgIpc) is 2.03. The lowest BCUT2D eigenvalue weighted by Crippen LogP contribution is -1.96. The summed E-state index contributed by atoms with van der Waals surface area (Å²) in [6, 6.07) is 5.94. The second-order valence-electron chi connectivity index (χ2n) is 2.18. The first-order chi connectivity index (χ1) is 5.55. The van der Waals surface area contributed by atoms with Gasteiger partial charge in [-0.2, -0.15) is 8.42 Å². The molecule has 0 aliphatic heterocycles. The van der Waals surface area contributed by atoms with E-state index in [-0.39, 0.29) is 4.90 Å². The summed E-state index contributed by atoms with van der Waals surface area (Å²) in [7, 11) is -4.58. The second-order valence-corrected chi connectivity index (χ2v) is 4.06. The van der Waals surface area contributed by atoms with Crippen molar-refractivity contribution in [3.8, 4) is 0 Å². The lowest BCUT2D eigenvalue weighted by Gasteiger charge is -2.00. The Balaban J connectivity index is 3.33. The molecule has 66 valence electrons. The quantitative estimate of drug-likeness (QED) is 0.598. The summed E-state index contributed by atoms with van der Waals surface area (Å²) in [5.41, 5.74) is 0.431. The third-order valence-corrected chi connectivity index (χ3v) is 2.91. The topological polar surface area (TPSA) is 34.1 Å². The van der Waals surface area contributed by atoms with E-state index in [9.17, 15) is 12.3 Å². The summed E-state index contributed by atoms with van der Waals surface area (Å²) in [6.07, 6.45) is 0. The van der Waals surface area contributed by atoms with Gasteiger partial charge in [0.05, 0.1) is 0 Å². The zero-order valence-electron chi connectivity index (χ0n) is 6.00. The van der Waals surface area contributed by atoms with Crippen LogP contribution in [0, 0.1) is 0 Å². The number of benzene rings is 1. The van der Waals surface area contributed by atoms with Gasteiger partial charge in [0.25, 0.3) is 0 Å².